The first-order chi connectivity index (χ1) is 18.5. The highest BCUT2D eigenvalue weighted by molar-refractivity contribution is 6.31. The van der Waals surface area contributed by atoms with E-state index < -0.39 is 11.6 Å². The van der Waals surface area contributed by atoms with Crippen LogP contribution in [0.2, 0.25) is 10.2 Å². The van der Waals surface area contributed by atoms with Gasteiger partial charge in [-0.25, -0.2) is 9.67 Å². The highest BCUT2D eigenvalue weighted by Gasteiger charge is 2.23. The van der Waals surface area contributed by atoms with Crippen LogP contribution in [0.1, 0.15) is 17.3 Å². The number of rotatable bonds is 8. The Morgan fingerprint density at radius 2 is 1.79 bits per heavy atom. The SMILES string of the molecule is O=C(NCc1ccccn1)[C@H](Cc1ccccc1)n1cnc(-c2cc(Cl)ccc2-n2cc(Cl)nn2)cc1=O. The van der Waals surface area contributed by atoms with Crippen LogP contribution in [0.25, 0.3) is 16.9 Å². The molecule has 9 nitrogen and oxygen atoms in total. The number of nitrogens with zero attached hydrogens (tertiary/aromatic N) is 6. The molecular formula is C27H21Cl2N7O2. The van der Waals surface area contributed by atoms with Gasteiger partial charge in [-0.1, -0.05) is 64.8 Å². The van der Waals surface area contributed by atoms with Crippen LogP contribution in [-0.2, 0) is 17.8 Å². The molecule has 0 saturated carbocycles. The predicted octanol–water partition coefficient (Wildman–Crippen LogP) is 4.29. The topological polar surface area (TPSA) is 108 Å². The lowest BCUT2D eigenvalue weighted by molar-refractivity contribution is -0.124. The zero-order valence-corrected chi connectivity index (χ0v) is 21.4. The summed E-state index contributed by atoms with van der Waals surface area (Å²) in [5.41, 5.74) is 2.73. The van der Waals surface area contributed by atoms with E-state index in [2.05, 4.69) is 25.6 Å². The van der Waals surface area contributed by atoms with Gasteiger partial charge in [0.2, 0.25) is 5.91 Å². The molecule has 0 radical (unpaired) electrons. The molecule has 3 aromatic heterocycles. The molecule has 0 aliphatic heterocycles. The van der Waals surface area contributed by atoms with Crippen molar-refractivity contribution in [3.05, 3.63) is 123 Å². The van der Waals surface area contributed by atoms with Gasteiger partial charge in [-0.2, -0.15) is 0 Å². The molecular weight excluding hydrogens is 525 g/mol. The number of amides is 1. The Labute approximate surface area is 227 Å². The van der Waals surface area contributed by atoms with E-state index in [1.54, 1.807) is 30.5 Å². The maximum Gasteiger partial charge on any atom is 0.254 e. The van der Waals surface area contributed by atoms with Crippen LogP contribution in [0.15, 0.2) is 96.3 Å². The quantitative estimate of drug-likeness (QED) is 0.311. The predicted molar refractivity (Wildman–Crippen MR) is 144 cm³/mol. The summed E-state index contributed by atoms with van der Waals surface area (Å²) in [6, 6.07) is 20.6. The van der Waals surface area contributed by atoms with Crippen molar-refractivity contribution in [3.8, 4) is 16.9 Å². The molecule has 5 rings (SSSR count). The normalized spacial score (nSPS) is 11.7. The summed E-state index contributed by atoms with van der Waals surface area (Å²) in [6.45, 7) is 0.234. The third-order valence-corrected chi connectivity index (χ3v) is 6.27. The van der Waals surface area contributed by atoms with Gasteiger partial charge in [0.25, 0.3) is 5.56 Å². The molecule has 5 aromatic rings. The maximum absolute atomic E-state index is 13.4. The van der Waals surface area contributed by atoms with Crippen LogP contribution in [0.4, 0.5) is 0 Å². The highest BCUT2D eigenvalue weighted by Crippen LogP contribution is 2.28. The number of aromatic nitrogens is 6. The Kier molecular flexibility index (Phi) is 7.57. The minimum absolute atomic E-state index is 0.217. The van der Waals surface area contributed by atoms with Gasteiger partial charge >= 0.3 is 0 Å². The number of pyridine rings is 1. The van der Waals surface area contributed by atoms with Gasteiger partial charge in [0.1, 0.15) is 6.04 Å². The fourth-order valence-corrected chi connectivity index (χ4v) is 4.32. The standard InChI is InChI=1S/C27H21Cl2N7O2/c28-19-9-10-23(36-16-25(29)33-34-36)21(13-19)22-14-26(37)35(17-32-22)24(12-18-6-2-1-3-7-18)27(38)31-15-20-8-4-5-11-30-20/h1-11,13-14,16-17,24H,12,15H2,(H,31,38)/t24-/m0/s1. The van der Waals surface area contributed by atoms with Crippen molar-refractivity contribution in [1.29, 1.82) is 0 Å². The molecule has 3 heterocycles. The molecule has 0 unspecified atom stereocenters. The second-order valence-corrected chi connectivity index (χ2v) is 9.24. The monoisotopic (exact) mass is 545 g/mol. The van der Waals surface area contributed by atoms with Gasteiger partial charge in [0.15, 0.2) is 5.15 Å². The van der Waals surface area contributed by atoms with Crippen molar-refractivity contribution in [3.63, 3.8) is 0 Å². The number of halogens is 2. The Morgan fingerprint density at radius 1 is 0.974 bits per heavy atom. The van der Waals surface area contributed by atoms with Crippen molar-refractivity contribution in [2.75, 3.05) is 0 Å². The molecule has 190 valence electrons. The van der Waals surface area contributed by atoms with Crippen LogP contribution in [0.5, 0.6) is 0 Å². The Balaban J connectivity index is 1.49. The average Bonchev–Trinajstić information content (AvgIpc) is 3.37. The lowest BCUT2D eigenvalue weighted by atomic mass is 10.0. The molecule has 0 aliphatic rings. The van der Waals surface area contributed by atoms with Gasteiger partial charge in [0.05, 0.1) is 36.1 Å². The van der Waals surface area contributed by atoms with Crippen molar-refractivity contribution in [2.24, 2.45) is 0 Å². The molecule has 1 N–H and O–H groups in total. The molecule has 1 amide bonds. The number of carbonyl (C=O) groups excluding carboxylic acids is 1. The van der Waals surface area contributed by atoms with E-state index in [1.807, 2.05) is 42.5 Å². The largest absolute Gasteiger partial charge is 0.349 e. The van der Waals surface area contributed by atoms with E-state index in [0.717, 1.165) is 5.56 Å². The minimum Gasteiger partial charge on any atom is -0.349 e. The Hall–Kier alpha value is -4.34. The van der Waals surface area contributed by atoms with Crippen molar-refractivity contribution in [2.45, 2.75) is 19.0 Å². The van der Waals surface area contributed by atoms with Crippen LogP contribution in [-0.4, -0.2) is 35.4 Å². The van der Waals surface area contributed by atoms with E-state index in [0.29, 0.717) is 34.1 Å². The highest BCUT2D eigenvalue weighted by atomic mass is 35.5. The minimum atomic E-state index is -0.830. The number of carbonyl (C=O) groups is 1. The Bertz CT molecular complexity index is 1620. The van der Waals surface area contributed by atoms with Gasteiger partial charge in [0, 0.05) is 29.3 Å². The second-order valence-electron chi connectivity index (χ2n) is 8.41. The first-order valence-corrected chi connectivity index (χ1v) is 12.4. The maximum atomic E-state index is 13.4. The number of hydrogen-bond donors (Lipinski definition) is 1. The van der Waals surface area contributed by atoms with Gasteiger partial charge in [-0.3, -0.25) is 19.1 Å². The first kappa shape index (κ1) is 25.3. The molecule has 2 aromatic carbocycles. The summed E-state index contributed by atoms with van der Waals surface area (Å²) in [5, 5.41) is 11.4. The van der Waals surface area contributed by atoms with Crippen molar-refractivity contribution >= 4 is 29.1 Å². The van der Waals surface area contributed by atoms with Gasteiger partial charge in [-0.05, 0) is 35.9 Å². The molecule has 0 aliphatic carbocycles. The van der Waals surface area contributed by atoms with Crippen LogP contribution in [0.3, 0.4) is 0 Å². The molecule has 0 fully saturated rings. The zero-order valence-electron chi connectivity index (χ0n) is 19.9. The van der Waals surface area contributed by atoms with E-state index in [9.17, 15) is 9.59 Å². The third-order valence-electron chi connectivity index (χ3n) is 5.86. The molecule has 0 bridgehead atoms. The molecule has 0 saturated heterocycles. The summed E-state index contributed by atoms with van der Waals surface area (Å²) in [7, 11) is 0. The molecule has 0 spiro atoms. The van der Waals surface area contributed by atoms with Gasteiger partial charge < -0.3 is 5.32 Å². The smallest absolute Gasteiger partial charge is 0.254 e. The second kappa shape index (κ2) is 11.4. The Morgan fingerprint density at radius 3 is 2.50 bits per heavy atom. The summed E-state index contributed by atoms with van der Waals surface area (Å²) < 4.78 is 2.81. The fourth-order valence-electron chi connectivity index (χ4n) is 4.02. The lowest BCUT2D eigenvalue weighted by Crippen LogP contribution is -2.38. The number of nitrogens with one attached hydrogen (secondary N) is 1. The first-order valence-electron chi connectivity index (χ1n) is 11.7. The van der Waals surface area contributed by atoms with Crippen LogP contribution < -0.4 is 10.9 Å². The molecule has 11 heteroatoms. The van der Waals surface area contributed by atoms with Crippen molar-refractivity contribution in [1.82, 2.24) is 34.8 Å². The summed E-state index contributed by atoms with van der Waals surface area (Å²) >= 11 is 12.2. The summed E-state index contributed by atoms with van der Waals surface area (Å²) in [6.07, 6.45) is 4.88. The number of benzene rings is 2. The van der Waals surface area contributed by atoms with Crippen LogP contribution in [0, 0.1) is 0 Å². The number of hydrogen-bond acceptors (Lipinski definition) is 6. The summed E-state index contributed by atoms with van der Waals surface area (Å²) in [4.78, 5) is 35.5. The fraction of sp³-hybridized carbons (Fsp3) is 0.111. The molecule has 1 atom stereocenters. The summed E-state index contributed by atoms with van der Waals surface area (Å²) in [5.74, 6) is -0.322. The van der Waals surface area contributed by atoms with Gasteiger partial charge in [-0.15, -0.1) is 5.10 Å². The van der Waals surface area contributed by atoms with E-state index in [4.69, 9.17) is 23.2 Å². The van der Waals surface area contributed by atoms with E-state index in [-0.39, 0.29) is 17.6 Å². The van der Waals surface area contributed by atoms with E-state index in [1.165, 1.54) is 27.8 Å². The van der Waals surface area contributed by atoms with Crippen molar-refractivity contribution < 1.29 is 4.79 Å². The zero-order chi connectivity index (χ0) is 26.5. The van der Waals surface area contributed by atoms with Crippen LogP contribution >= 0.6 is 23.2 Å². The average molecular weight is 546 g/mol. The third kappa shape index (κ3) is 5.80. The molecule has 38 heavy (non-hydrogen) atoms. The lowest BCUT2D eigenvalue weighted by Gasteiger charge is -2.20. The van der Waals surface area contributed by atoms with E-state index >= 15 is 0 Å².